The van der Waals surface area contributed by atoms with E-state index in [0.29, 0.717) is 5.92 Å². The Balaban J connectivity index is 2.15. The molecule has 2 rings (SSSR count). The Labute approximate surface area is 121 Å². The minimum atomic E-state index is 0.179. The van der Waals surface area contributed by atoms with Crippen LogP contribution in [0.5, 0.6) is 0 Å². The molecule has 0 aliphatic carbocycles. The summed E-state index contributed by atoms with van der Waals surface area (Å²) >= 11 is 0. The van der Waals surface area contributed by atoms with E-state index in [9.17, 15) is 0 Å². The Hall–Kier alpha value is -1.84. The van der Waals surface area contributed by atoms with Gasteiger partial charge in [-0.2, -0.15) is 5.10 Å². The SMILES string of the molecule is CCc1c(N[C@H](C)c2ccccn2)cnn1CC(C)C. The summed E-state index contributed by atoms with van der Waals surface area (Å²) in [5.74, 6) is 0.598. The highest BCUT2D eigenvalue weighted by atomic mass is 15.3. The standard InChI is InChI=1S/C16H24N4/c1-5-16-15(10-18-20(16)11-12(2)3)19-13(4)14-8-6-7-9-17-14/h6-10,12-13,19H,5,11H2,1-4H3/t13-/m1/s1. The van der Waals surface area contributed by atoms with Crippen molar-refractivity contribution in [2.45, 2.75) is 46.7 Å². The molecule has 0 saturated heterocycles. The lowest BCUT2D eigenvalue weighted by molar-refractivity contribution is 0.470. The number of aromatic nitrogens is 3. The molecule has 108 valence electrons. The second-order valence-electron chi connectivity index (χ2n) is 5.56. The van der Waals surface area contributed by atoms with Crippen LogP contribution in [0.15, 0.2) is 30.6 Å². The number of rotatable bonds is 6. The van der Waals surface area contributed by atoms with Gasteiger partial charge in [-0.1, -0.05) is 26.8 Å². The lowest BCUT2D eigenvalue weighted by atomic mass is 10.2. The number of nitrogens with one attached hydrogen (secondary N) is 1. The summed E-state index contributed by atoms with van der Waals surface area (Å²) in [6.07, 6.45) is 4.74. The smallest absolute Gasteiger partial charge is 0.0764 e. The maximum Gasteiger partial charge on any atom is 0.0764 e. The van der Waals surface area contributed by atoms with E-state index in [1.54, 1.807) is 0 Å². The molecule has 0 amide bonds. The van der Waals surface area contributed by atoms with Crippen LogP contribution >= 0.6 is 0 Å². The third-order valence-electron chi connectivity index (χ3n) is 3.33. The van der Waals surface area contributed by atoms with Crippen molar-refractivity contribution >= 4 is 5.69 Å². The van der Waals surface area contributed by atoms with E-state index in [1.807, 2.05) is 30.6 Å². The Morgan fingerprint density at radius 2 is 2.05 bits per heavy atom. The molecule has 1 N–H and O–H groups in total. The lowest BCUT2D eigenvalue weighted by Crippen LogP contribution is -2.12. The van der Waals surface area contributed by atoms with E-state index >= 15 is 0 Å². The van der Waals surface area contributed by atoms with E-state index in [1.165, 1.54) is 5.69 Å². The molecule has 0 aliphatic heterocycles. The Morgan fingerprint density at radius 3 is 2.65 bits per heavy atom. The molecule has 0 aliphatic rings. The van der Waals surface area contributed by atoms with Crippen molar-refractivity contribution in [3.63, 3.8) is 0 Å². The molecule has 0 unspecified atom stereocenters. The van der Waals surface area contributed by atoms with Gasteiger partial charge in [0.25, 0.3) is 0 Å². The van der Waals surface area contributed by atoms with Gasteiger partial charge in [0.1, 0.15) is 0 Å². The Bertz CT molecular complexity index is 531. The van der Waals surface area contributed by atoms with Crippen LogP contribution < -0.4 is 5.32 Å². The molecule has 2 aromatic heterocycles. The lowest BCUT2D eigenvalue weighted by Gasteiger charge is -2.15. The number of hydrogen-bond acceptors (Lipinski definition) is 3. The molecular formula is C16H24N4. The van der Waals surface area contributed by atoms with Gasteiger partial charge in [0.2, 0.25) is 0 Å². The number of anilines is 1. The maximum absolute atomic E-state index is 4.51. The zero-order chi connectivity index (χ0) is 14.5. The van der Waals surface area contributed by atoms with Crippen LogP contribution in [-0.2, 0) is 13.0 Å². The van der Waals surface area contributed by atoms with Crippen molar-refractivity contribution < 1.29 is 0 Å². The minimum Gasteiger partial charge on any atom is -0.374 e. The summed E-state index contributed by atoms with van der Waals surface area (Å²) in [5.41, 5.74) is 3.43. The van der Waals surface area contributed by atoms with E-state index in [0.717, 1.165) is 24.3 Å². The van der Waals surface area contributed by atoms with Crippen LogP contribution in [-0.4, -0.2) is 14.8 Å². The van der Waals surface area contributed by atoms with Gasteiger partial charge in [0.05, 0.1) is 29.3 Å². The zero-order valence-electron chi connectivity index (χ0n) is 12.8. The molecule has 2 aromatic rings. The van der Waals surface area contributed by atoms with Crippen LogP contribution in [0.3, 0.4) is 0 Å². The molecular weight excluding hydrogens is 248 g/mol. The predicted octanol–water partition coefficient (Wildman–Crippen LogP) is 3.67. The molecule has 0 fully saturated rings. The fraction of sp³-hybridized carbons (Fsp3) is 0.500. The highest BCUT2D eigenvalue weighted by molar-refractivity contribution is 5.48. The molecule has 0 aromatic carbocycles. The molecule has 20 heavy (non-hydrogen) atoms. The predicted molar refractivity (Wildman–Crippen MR) is 82.7 cm³/mol. The summed E-state index contributed by atoms with van der Waals surface area (Å²) in [6.45, 7) is 9.68. The van der Waals surface area contributed by atoms with Crippen LogP contribution in [0.25, 0.3) is 0 Å². The molecule has 2 heterocycles. The molecule has 0 radical (unpaired) electrons. The molecule has 0 spiro atoms. The molecule has 4 nitrogen and oxygen atoms in total. The second-order valence-corrected chi connectivity index (χ2v) is 5.56. The van der Waals surface area contributed by atoms with E-state index in [4.69, 9.17) is 0 Å². The molecule has 0 bridgehead atoms. The minimum absolute atomic E-state index is 0.179. The van der Waals surface area contributed by atoms with Crippen molar-refractivity contribution in [3.05, 3.63) is 42.0 Å². The van der Waals surface area contributed by atoms with E-state index in [2.05, 4.69) is 47.8 Å². The Morgan fingerprint density at radius 1 is 1.25 bits per heavy atom. The van der Waals surface area contributed by atoms with Gasteiger partial charge < -0.3 is 5.32 Å². The van der Waals surface area contributed by atoms with Crippen molar-refractivity contribution in [1.82, 2.24) is 14.8 Å². The van der Waals surface area contributed by atoms with Crippen molar-refractivity contribution in [2.24, 2.45) is 5.92 Å². The first-order valence-corrected chi connectivity index (χ1v) is 7.34. The second kappa shape index (κ2) is 6.55. The monoisotopic (exact) mass is 272 g/mol. The van der Waals surface area contributed by atoms with Gasteiger partial charge >= 0.3 is 0 Å². The Kier molecular flexibility index (Phi) is 4.77. The topological polar surface area (TPSA) is 42.7 Å². The van der Waals surface area contributed by atoms with E-state index < -0.39 is 0 Å². The van der Waals surface area contributed by atoms with Gasteiger partial charge in [-0.05, 0) is 31.4 Å². The fourth-order valence-electron chi connectivity index (χ4n) is 2.35. The average molecular weight is 272 g/mol. The van der Waals surface area contributed by atoms with Gasteiger partial charge in [-0.3, -0.25) is 9.67 Å². The van der Waals surface area contributed by atoms with Gasteiger partial charge in [-0.15, -0.1) is 0 Å². The van der Waals surface area contributed by atoms with Crippen LogP contribution in [0, 0.1) is 5.92 Å². The zero-order valence-corrected chi connectivity index (χ0v) is 12.8. The van der Waals surface area contributed by atoms with Crippen LogP contribution in [0.1, 0.15) is 45.1 Å². The van der Waals surface area contributed by atoms with Crippen molar-refractivity contribution in [1.29, 1.82) is 0 Å². The fourth-order valence-corrected chi connectivity index (χ4v) is 2.35. The third kappa shape index (κ3) is 3.38. The third-order valence-corrected chi connectivity index (χ3v) is 3.33. The molecule has 1 atom stereocenters. The molecule has 0 saturated carbocycles. The number of nitrogens with zero attached hydrogens (tertiary/aromatic N) is 3. The summed E-state index contributed by atoms with van der Waals surface area (Å²) in [5, 5.41) is 8.03. The van der Waals surface area contributed by atoms with Crippen molar-refractivity contribution in [3.8, 4) is 0 Å². The highest BCUT2D eigenvalue weighted by Gasteiger charge is 2.13. The van der Waals surface area contributed by atoms with Crippen molar-refractivity contribution in [2.75, 3.05) is 5.32 Å². The summed E-state index contributed by atoms with van der Waals surface area (Å²) in [6, 6.07) is 6.18. The van der Waals surface area contributed by atoms with Crippen LogP contribution in [0.4, 0.5) is 5.69 Å². The molecule has 4 heteroatoms. The summed E-state index contributed by atoms with van der Waals surface area (Å²) < 4.78 is 2.11. The number of hydrogen-bond donors (Lipinski definition) is 1. The van der Waals surface area contributed by atoms with Crippen LogP contribution in [0.2, 0.25) is 0 Å². The number of pyridine rings is 1. The van der Waals surface area contributed by atoms with Gasteiger partial charge in [0.15, 0.2) is 0 Å². The summed E-state index contributed by atoms with van der Waals surface area (Å²) in [7, 11) is 0. The summed E-state index contributed by atoms with van der Waals surface area (Å²) in [4.78, 5) is 4.40. The first-order valence-electron chi connectivity index (χ1n) is 7.34. The quantitative estimate of drug-likeness (QED) is 0.872. The first kappa shape index (κ1) is 14.6. The van der Waals surface area contributed by atoms with E-state index in [-0.39, 0.29) is 6.04 Å². The van der Waals surface area contributed by atoms with Gasteiger partial charge in [-0.25, -0.2) is 0 Å². The first-order chi connectivity index (χ1) is 9.61. The highest BCUT2D eigenvalue weighted by Crippen LogP contribution is 2.22. The van der Waals surface area contributed by atoms with Gasteiger partial charge in [0, 0.05) is 12.7 Å². The maximum atomic E-state index is 4.51. The average Bonchev–Trinajstić information content (AvgIpc) is 2.80. The largest absolute Gasteiger partial charge is 0.374 e. The normalized spacial score (nSPS) is 12.7.